The van der Waals surface area contributed by atoms with E-state index in [0.717, 1.165) is 5.56 Å². The molecule has 1 heterocycles. The Balaban J connectivity index is 2.07. The number of aliphatic carboxylic acids is 1. The first-order valence-electron chi connectivity index (χ1n) is 13.2. The van der Waals surface area contributed by atoms with Crippen molar-refractivity contribution >= 4 is 39.9 Å². The Labute approximate surface area is 240 Å². The number of aryl methyl sites for hydroxylation is 1. The van der Waals surface area contributed by atoms with Crippen LogP contribution in [-0.2, 0) is 29.1 Å². The summed E-state index contributed by atoms with van der Waals surface area (Å²) < 4.78 is 32.3. The number of nitrogens with two attached hydrogens (primary N) is 1. The van der Waals surface area contributed by atoms with E-state index in [1.54, 1.807) is 32.9 Å². The number of nitrogens with one attached hydrogen (secondary N) is 3. The zero-order valence-corrected chi connectivity index (χ0v) is 24.8. The maximum atomic E-state index is 13.3. The number of hydrogen-bond acceptors (Lipinski definition) is 8. The summed E-state index contributed by atoms with van der Waals surface area (Å²) in [5.41, 5.74) is 5.87. The molecule has 3 atom stereocenters. The van der Waals surface area contributed by atoms with Gasteiger partial charge in [-0.25, -0.2) is 22.7 Å². The summed E-state index contributed by atoms with van der Waals surface area (Å²) in [6, 6.07) is 2.98. The number of carbonyl (C=O) groups excluding carboxylic acids is 3. The monoisotopic (exact) mass is 596 g/mol. The Morgan fingerprint density at radius 3 is 2.39 bits per heavy atom. The summed E-state index contributed by atoms with van der Waals surface area (Å²) in [5, 5.41) is 14.5. The number of rotatable bonds is 11. The Kier molecular flexibility index (Phi) is 11.5. The molecule has 1 saturated heterocycles. The molecule has 3 amide bonds. The van der Waals surface area contributed by atoms with Gasteiger partial charge < -0.3 is 31.1 Å². The van der Waals surface area contributed by atoms with Crippen molar-refractivity contribution in [2.75, 3.05) is 13.1 Å². The zero-order valence-electron chi connectivity index (χ0n) is 24.0. The normalized spacial score (nSPS) is 17.3. The molecule has 15 heteroatoms. The van der Waals surface area contributed by atoms with Crippen LogP contribution in [0.2, 0.25) is 0 Å². The topological polar surface area (TPSA) is 210 Å². The number of amides is 3. The first-order chi connectivity index (χ1) is 19.0. The molecule has 0 aliphatic carbocycles. The van der Waals surface area contributed by atoms with Crippen LogP contribution in [0.3, 0.4) is 0 Å². The molecule has 6 N–H and O–H groups in total. The highest BCUT2D eigenvalue weighted by Crippen LogP contribution is 2.20. The van der Waals surface area contributed by atoms with Crippen LogP contribution in [0.5, 0.6) is 0 Å². The lowest BCUT2D eigenvalue weighted by atomic mass is 10.1. The van der Waals surface area contributed by atoms with E-state index in [9.17, 15) is 32.7 Å². The number of alkyl carbamates (subject to hydrolysis) is 1. The lowest BCUT2D eigenvalue weighted by molar-refractivity contribution is -0.149. The third-order valence-corrected chi connectivity index (χ3v) is 7.44. The molecule has 0 radical (unpaired) electrons. The van der Waals surface area contributed by atoms with Crippen LogP contribution in [0.25, 0.3) is 0 Å². The number of hydrogen-bond donors (Lipinski definition) is 5. The highest BCUT2D eigenvalue weighted by Gasteiger charge is 2.38. The van der Waals surface area contributed by atoms with Crippen molar-refractivity contribution in [1.82, 2.24) is 20.3 Å². The minimum Gasteiger partial charge on any atom is -0.480 e. The van der Waals surface area contributed by atoms with E-state index in [1.165, 1.54) is 24.0 Å². The highest BCUT2D eigenvalue weighted by molar-refractivity contribution is 7.90. The van der Waals surface area contributed by atoms with Crippen molar-refractivity contribution in [2.24, 2.45) is 10.7 Å². The van der Waals surface area contributed by atoms with Gasteiger partial charge in [0.15, 0.2) is 0 Å². The van der Waals surface area contributed by atoms with E-state index in [4.69, 9.17) is 10.5 Å². The third kappa shape index (κ3) is 10.6. The SMILES string of the molecule is Cc1ccc(S(=O)(=O)NC(N)=NCCC[C@H](NC(=O)[C@H](C)NC(=O)OC(C)(C)C)C(=O)N2CCC[C@H]2C(=O)O)cc1. The second-order valence-electron chi connectivity index (χ2n) is 10.8. The summed E-state index contributed by atoms with van der Waals surface area (Å²) >= 11 is 0. The predicted octanol–water partition coefficient (Wildman–Crippen LogP) is 0.842. The maximum absolute atomic E-state index is 13.3. The van der Waals surface area contributed by atoms with Gasteiger partial charge in [-0.1, -0.05) is 17.7 Å². The fourth-order valence-electron chi connectivity index (χ4n) is 4.03. The molecule has 1 fully saturated rings. The summed E-state index contributed by atoms with van der Waals surface area (Å²) in [4.78, 5) is 55.1. The highest BCUT2D eigenvalue weighted by atomic mass is 32.2. The Morgan fingerprint density at radius 1 is 1.17 bits per heavy atom. The van der Waals surface area contributed by atoms with Gasteiger partial charge in [0.25, 0.3) is 10.0 Å². The summed E-state index contributed by atoms with van der Waals surface area (Å²) in [6.07, 6.45) is 0.228. The standard InChI is InChI=1S/C26H40N6O8S/c1-16-10-12-18(13-11-16)41(38,39)31-24(27)28-14-6-8-19(22(34)32-15-7-9-20(32)23(35)36)30-21(33)17(2)29-25(37)40-26(3,4)5/h10-13,17,19-20H,6-9,14-15H2,1-5H3,(H,29,37)(H,30,33)(H,35,36)(H3,27,28,31)/t17-,19-,20-/m0/s1. The molecule has 14 nitrogen and oxygen atoms in total. The lowest BCUT2D eigenvalue weighted by Crippen LogP contribution is -2.55. The average Bonchev–Trinajstić information content (AvgIpc) is 3.34. The fraction of sp³-hybridized carbons (Fsp3) is 0.577. The van der Waals surface area contributed by atoms with E-state index in [1.807, 2.05) is 6.92 Å². The second kappa shape index (κ2) is 14.1. The van der Waals surface area contributed by atoms with Crippen molar-refractivity contribution in [3.8, 4) is 0 Å². The number of carboxylic acid groups (broad SMARTS) is 1. The van der Waals surface area contributed by atoms with Crippen LogP contribution >= 0.6 is 0 Å². The fourth-order valence-corrected chi connectivity index (χ4v) is 4.98. The number of carbonyl (C=O) groups is 4. The summed E-state index contributed by atoms with van der Waals surface area (Å²) in [5.74, 6) is -2.74. The lowest BCUT2D eigenvalue weighted by Gasteiger charge is -2.28. The Morgan fingerprint density at radius 2 is 1.80 bits per heavy atom. The van der Waals surface area contributed by atoms with Gasteiger partial charge in [-0.05, 0) is 72.4 Å². The van der Waals surface area contributed by atoms with E-state index in [0.29, 0.717) is 12.8 Å². The van der Waals surface area contributed by atoms with E-state index < -0.39 is 57.6 Å². The van der Waals surface area contributed by atoms with Gasteiger partial charge >= 0.3 is 12.1 Å². The number of ether oxygens (including phenoxy) is 1. The van der Waals surface area contributed by atoms with Crippen LogP contribution in [0.1, 0.15) is 58.9 Å². The van der Waals surface area contributed by atoms with E-state index in [2.05, 4.69) is 20.3 Å². The molecule has 0 saturated carbocycles. The van der Waals surface area contributed by atoms with Gasteiger partial charge in [-0.2, -0.15) is 0 Å². The van der Waals surface area contributed by atoms with Gasteiger partial charge in [-0.15, -0.1) is 0 Å². The van der Waals surface area contributed by atoms with Gasteiger partial charge in [0.05, 0.1) is 4.90 Å². The van der Waals surface area contributed by atoms with Gasteiger partial charge in [0, 0.05) is 13.1 Å². The van der Waals surface area contributed by atoms with Crippen molar-refractivity contribution in [2.45, 2.75) is 88.9 Å². The number of aliphatic imine (C=N–C) groups is 1. The molecule has 0 bridgehead atoms. The molecule has 41 heavy (non-hydrogen) atoms. The maximum Gasteiger partial charge on any atom is 0.408 e. The molecule has 228 valence electrons. The third-order valence-electron chi connectivity index (χ3n) is 6.07. The number of benzene rings is 1. The molecular weight excluding hydrogens is 556 g/mol. The van der Waals surface area contributed by atoms with Gasteiger partial charge in [-0.3, -0.25) is 14.6 Å². The van der Waals surface area contributed by atoms with E-state index >= 15 is 0 Å². The number of sulfonamides is 1. The summed E-state index contributed by atoms with van der Waals surface area (Å²) in [7, 11) is -3.94. The van der Waals surface area contributed by atoms with Crippen LogP contribution in [-0.4, -0.2) is 85.1 Å². The quantitative estimate of drug-likeness (QED) is 0.139. The molecule has 2 rings (SSSR count). The van der Waals surface area contributed by atoms with Crippen LogP contribution in [0.15, 0.2) is 34.2 Å². The van der Waals surface area contributed by atoms with Gasteiger partial charge in [0.1, 0.15) is 23.7 Å². The van der Waals surface area contributed by atoms with Crippen molar-refractivity contribution in [3.63, 3.8) is 0 Å². The Bertz CT molecular complexity index is 1240. The van der Waals surface area contributed by atoms with Crippen molar-refractivity contribution in [1.29, 1.82) is 0 Å². The summed E-state index contributed by atoms with van der Waals surface area (Å²) in [6.45, 7) is 8.48. The van der Waals surface area contributed by atoms with E-state index in [-0.39, 0.29) is 36.8 Å². The number of carboxylic acids is 1. The second-order valence-corrected chi connectivity index (χ2v) is 12.5. The minimum atomic E-state index is -3.94. The first-order valence-corrected chi connectivity index (χ1v) is 14.7. The minimum absolute atomic E-state index is 0.00989. The average molecular weight is 597 g/mol. The first kappa shape index (κ1) is 33.3. The predicted molar refractivity (Wildman–Crippen MR) is 150 cm³/mol. The zero-order chi connectivity index (χ0) is 31.0. The van der Waals surface area contributed by atoms with Crippen LogP contribution in [0, 0.1) is 6.92 Å². The molecule has 1 aromatic carbocycles. The Hall–Kier alpha value is -3.88. The molecular formula is C26H40N6O8S. The molecule has 1 aromatic rings. The smallest absolute Gasteiger partial charge is 0.408 e. The van der Waals surface area contributed by atoms with Crippen molar-refractivity contribution < 1.29 is 37.4 Å². The van der Waals surface area contributed by atoms with Crippen molar-refractivity contribution in [3.05, 3.63) is 29.8 Å². The number of guanidine groups is 1. The van der Waals surface area contributed by atoms with Crippen LogP contribution in [0.4, 0.5) is 4.79 Å². The molecule has 1 aliphatic heterocycles. The largest absolute Gasteiger partial charge is 0.480 e. The number of likely N-dealkylation sites (tertiary alicyclic amines) is 1. The van der Waals surface area contributed by atoms with Gasteiger partial charge in [0.2, 0.25) is 17.8 Å². The molecule has 0 spiro atoms. The molecule has 0 aromatic heterocycles. The number of nitrogens with zero attached hydrogens (tertiary/aromatic N) is 2. The van der Waals surface area contributed by atoms with Crippen LogP contribution < -0.4 is 21.1 Å². The molecule has 0 unspecified atom stereocenters. The molecule has 1 aliphatic rings.